The van der Waals surface area contributed by atoms with Crippen LogP contribution < -0.4 is 10.2 Å². The van der Waals surface area contributed by atoms with E-state index >= 15 is 0 Å². The Labute approximate surface area is 96.8 Å². The Balaban J connectivity index is 1.97. The maximum absolute atomic E-state index is 12.7. The zero-order valence-electron chi connectivity index (χ0n) is 8.89. The van der Waals surface area contributed by atoms with Gasteiger partial charge in [-0.25, -0.2) is 4.39 Å². The van der Waals surface area contributed by atoms with Gasteiger partial charge in [0.2, 0.25) is 5.91 Å². The fraction of sp³-hybridized carbons (Fsp3) is 0.273. The number of carbonyl (C=O) groups is 2. The van der Waals surface area contributed by atoms with Crippen LogP contribution in [0, 0.1) is 5.82 Å². The zero-order valence-corrected chi connectivity index (χ0v) is 8.89. The van der Waals surface area contributed by atoms with E-state index in [1.165, 1.54) is 29.2 Å². The van der Waals surface area contributed by atoms with Gasteiger partial charge in [0, 0.05) is 5.69 Å². The lowest BCUT2D eigenvalue weighted by Gasteiger charge is -2.38. The first-order valence-corrected chi connectivity index (χ1v) is 5.09. The molecule has 0 unspecified atom stereocenters. The summed E-state index contributed by atoms with van der Waals surface area (Å²) in [7, 11) is 0. The van der Waals surface area contributed by atoms with Crippen LogP contribution in [-0.2, 0) is 9.59 Å². The first kappa shape index (κ1) is 11.5. The molecule has 1 aromatic rings. The summed E-state index contributed by atoms with van der Waals surface area (Å²) in [5.41, 5.74) is 0.589. The highest BCUT2D eigenvalue weighted by Crippen LogP contribution is 2.22. The molecule has 0 spiro atoms. The smallest absolute Gasteiger partial charge is 0.251 e. The summed E-state index contributed by atoms with van der Waals surface area (Å²) in [5.74, 6) is -1.22. The molecule has 2 amide bonds. The number of carbonyl (C=O) groups excluding carboxylic acids is 2. The van der Waals surface area contributed by atoms with Gasteiger partial charge in [0.25, 0.3) is 5.91 Å². The van der Waals surface area contributed by atoms with Gasteiger partial charge in [-0.15, -0.1) is 0 Å². The molecule has 1 fully saturated rings. The third-order valence-electron chi connectivity index (χ3n) is 2.55. The number of hydrogen-bond donors (Lipinski definition) is 2. The highest BCUT2D eigenvalue weighted by molar-refractivity contribution is 6.05. The predicted molar refractivity (Wildman–Crippen MR) is 57.8 cm³/mol. The summed E-state index contributed by atoms with van der Waals surface area (Å²) in [6.07, 6.45) is 0. The first-order chi connectivity index (χ1) is 8.11. The summed E-state index contributed by atoms with van der Waals surface area (Å²) in [6.45, 7) is -0.309. The van der Waals surface area contributed by atoms with Crippen molar-refractivity contribution in [3.05, 3.63) is 30.1 Å². The Kier molecular flexibility index (Phi) is 3.06. The van der Waals surface area contributed by atoms with Crippen LogP contribution in [0.3, 0.4) is 0 Å². The van der Waals surface area contributed by atoms with Gasteiger partial charge in [-0.3, -0.25) is 9.59 Å². The van der Waals surface area contributed by atoms with Crippen molar-refractivity contribution in [2.24, 2.45) is 0 Å². The number of nitrogens with one attached hydrogen (secondary N) is 1. The lowest BCUT2D eigenvalue weighted by molar-refractivity contribution is -0.131. The Morgan fingerprint density at radius 3 is 2.65 bits per heavy atom. The zero-order chi connectivity index (χ0) is 12.4. The van der Waals surface area contributed by atoms with Crippen molar-refractivity contribution in [1.82, 2.24) is 5.32 Å². The van der Waals surface area contributed by atoms with E-state index in [0.29, 0.717) is 12.2 Å². The van der Waals surface area contributed by atoms with Crippen molar-refractivity contribution in [2.75, 3.05) is 18.1 Å². The van der Waals surface area contributed by atoms with Crippen molar-refractivity contribution in [3.8, 4) is 0 Å². The van der Waals surface area contributed by atoms with E-state index in [0.717, 1.165) is 0 Å². The van der Waals surface area contributed by atoms with Gasteiger partial charge in [0.05, 0.1) is 6.54 Å². The normalized spacial score (nSPS) is 18.8. The predicted octanol–water partition coefficient (Wildman–Crippen LogP) is -0.351. The second-order valence-electron chi connectivity index (χ2n) is 3.70. The topological polar surface area (TPSA) is 69.6 Å². The molecule has 17 heavy (non-hydrogen) atoms. The fourth-order valence-electron chi connectivity index (χ4n) is 1.63. The van der Waals surface area contributed by atoms with Crippen molar-refractivity contribution < 1.29 is 19.1 Å². The Hall–Kier alpha value is -1.95. The van der Waals surface area contributed by atoms with Crippen molar-refractivity contribution >= 4 is 17.5 Å². The van der Waals surface area contributed by atoms with Crippen LogP contribution in [-0.4, -0.2) is 36.1 Å². The number of aliphatic hydroxyl groups excluding tert-OH is 1. The molecule has 0 saturated carbocycles. The van der Waals surface area contributed by atoms with E-state index in [1.54, 1.807) is 0 Å². The highest BCUT2D eigenvalue weighted by Gasteiger charge is 2.38. The van der Waals surface area contributed by atoms with Gasteiger partial charge in [-0.05, 0) is 24.3 Å². The minimum absolute atomic E-state index is 0.265. The molecule has 1 atom stereocenters. The van der Waals surface area contributed by atoms with E-state index < -0.39 is 18.6 Å². The van der Waals surface area contributed by atoms with Gasteiger partial charge < -0.3 is 15.3 Å². The number of amides is 2. The molecule has 0 aliphatic carbocycles. The second-order valence-corrected chi connectivity index (χ2v) is 3.70. The average molecular weight is 238 g/mol. The second kappa shape index (κ2) is 4.50. The summed E-state index contributed by atoms with van der Waals surface area (Å²) >= 11 is 0. The minimum atomic E-state index is -0.639. The first-order valence-electron chi connectivity index (χ1n) is 5.09. The van der Waals surface area contributed by atoms with E-state index in [-0.39, 0.29) is 11.7 Å². The molecule has 2 rings (SSSR count). The number of halogens is 1. The van der Waals surface area contributed by atoms with Crippen LogP contribution in [0.25, 0.3) is 0 Å². The van der Waals surface area contributed by atoms with E-state index in [2.05, 4.69) is 5.32 Å². The Bertz CT molecular complexity index is 447. The standard InChI is InChI=1S/C11H11FN2O3/c12-7-1-3-8(4-2-7)14-5-9(11(14)17)13-10(16)6-15/h1-4,9,15H,5-6H2,(H,13,16)/t9-/m1/s1. The van der Waals surface area contributed by atoms with Gasteiger partial charge >= 0.3 is 0 Å². The van der Waals surface area contributed by atoms with Crippen LogP contribution in [0.4, 0.5) is 10.1 Å². The molecule has 0 aromatic heterocycles. The average Bonchev–Trinajstić information content (AvgIpc) is 2.34. The summed E-state index contributed by atoms with van der Waals surface area (Å²) in [4.78, 5) is 23.9. The lowest BCUT2D eigenvalue weighted by atomic mass is 10.1. The van der Waals surface area contributed by atoms with Gasteiger partial charge in [0.15, 0.2) is 0 Å². The summed E-state index contributed by atoms with van der Waals surface area (Å²) in [6, 6.07) is 4.93. The summed E-state index contributed by atoms with van der Waals surface area (Å²) in [5, 5.41) is 10.9. The molecule has 1 saturated heterocycles. The van der Waals surface area contributed by atoms with Gasteiger partial charge in [-0.1, -0.05) is 0 Å². The third kappa shape index (κ3) is 2.26. The van der Waals surface area contributed by atoms with E-state index in [1.807, 2.05) is 0 Å². The van der Waals surface area contributed by atoms with Crippen molar-refractivity contribution in [3.63, 3.8) is 0 Å². The molecule has 1 heterocycles. The number of β-lactam (4-membered cyclic amide) rings is 1. The maximum Gasteiger partial charge on any atom is 0.251 e. The quantitative estimate of drug-likeness (QED) is 0.707. The van der Waals surface area contributed by atoms with E-state index in [9.17, 15) is 14.0 Å². The molecule has 2 N–H and O–H groups in total. The van der Waals surface area contributed by atoms with Crippen LogP contribution in [0.5, 0.6) is 0 Å². The fourth-order valence-corrected chi connectivity index (χ4v) is 1.63. The molecule has 1 aliphatic rings. The number of aliphatic hydroxyl groups is 1. The monoisotopic (exact) mass is 238 g/mol. The van der Waals surface area contributed by atoms with Crippen molar-refractivity contribution in [1.29, 1.82) is 0 Å². The molecule has 5 nitrogen and oxygen atoms in total. The SMILES string of the molecule is O=C(CO)N[C@@H]1CN(c2ccc(F)cc2)C1=O. The molecule has 0 radical (unpaired) electrons. The number of anilines is 1. The maximum atomic E-state index is 12.7. The van der Waals surface area contributed by atoms with Crippen molar-refractivity contribution in [2.45, 2.75) is 6.04 Å². The van der Waals surface area contributed by atoms with Crippen LogP contribution >= 0.6 is 0 Å². The molecule has 0 bridgehead atoms. The number of nitrogens with zero attached hydrogens (tertiary/aromatic N) is 1. The third-order valence-corrected chi connectivity index (χ3v) is 2.55. The van der Waals surface area contributed by atoms with Gasteiger partial charge in [0.1, 0.15) is 18.5 Å². The largest absolute Gasteiger partial charge is 0.387 e. The Morgan fingerprint density at radius 2 is 2.12 bits per heavy atom. The highest BCUT2D eigenvalue weighted by atomic mass is 19.1. The molecule has 90 valence electrons. The van der Waals surface area contributed by atoms with Crippen LogP contribution in [0.2, 0.25) is 0 Å². The van der Waals surface area contributed by atoms with Crippen LogP contribution in [0.1, 0.15) is 0 Å². The molecular formula is C11H11FN2O3. The number of benzene rings is 1. The van der Waals surface area contributed by atoms with Crippen LogP contribution in [0.15, 0.2) is 24.3 Å². The van der Waals surface area contributed by atoms with Gasteiger partial charge in [-0.2, -0.15) is 0 Å². The lowest BCUT2D eigenvalue weighted by Crippen LogP contribution is -2.64. The molecule has 1 aromatic carbocycles. The number of rotatable bonds is 3. The van der Waals surface area contributed by atoms with E-state index in [4.69, 9.17) is 5.11 Å². The molecule has 1 aliphatic heterocycles. The number of hydrogen-bond acceptors (Lipinski definition) is 3. The molecular weight excluding hydrogens is 227 g/mol. The Morgan fingerprint density at radius 1 is 1.47 bits per heavy atom. The minimum Gasteiger partial charge on any atom is -0.387 e. The summed E-state index contributed by atoms with van der Waals surface area (Å²) < 4.78 is 12.7. The molecule has 6 heteroatoms.